The first-order chi connectivity index (χ1) is 16.5. The molecule has 1 saturated heterocycles. The number of halogens is 2. The molecule has 4 aromatic rings. The van der Waals surface area contributed by atoms with Crippen LogP contribution in [-0.2, 0) is 0 Å². The van der Waals surface area contributed by atoms with E-state index in [4.69, 9.17) is 9.72 Å². The van der Waals surface area contributed by atoms with E-state index in [1.165, 1.54) is 0 Å². The number of nitrogens with one attached hydrogen (secondary N) is 3. The van der Waals surface area contributed by atoms with Crippen LogP contribution >= 0.6 is 28.3 Å². The summed E-state index contributed by atoms with van der Waals surface area (Å²) in [5, 5.41) is 7.16. The molecule has 3 heterocycles. The standard InChI is InChI=1S/C25H25BrN6O2.ClH/c1-32-12-10-16(11-13-32)29-25-30-22-20(26)15-27-24(33)21(22)23(31-25)28-17-6-5-9-19(14-17)34-18-7-3-2-4-8-18;/h2-9,14-16H,10-13H2,1H3,(H,27,33)(H2,28,29,30,31);1H. The van der Waals surface area contributed by atoms with Gasteiger partial charge in [0.1, 0.15) is 22.7 Å². The number of rotatable bonds is 6. The molecule has 8 nitrogen and oxygen atoms in total. The van der Waals surface area contributed by atoms with Crippen LogP contribution in [0.3, 0.4) is 0 Å². The second-order valence-electron chi connectivity index (χ2n) is 8.37. The quantitative estimate of drug-likeness (QED) is 0.286. The number of benzene rings is 2. The van der Waals surface area contributed by atoms with Gasteiger partial charge in [0.25, 0.3) is 5.56 Å². The maximum absolute atomic E-state index is 12.7. The summed E-state index contributed by atoms with van der Waals surface area (Å²) in [6, 6.07) is 17.4. The smallest absolute Gasteiger partial charge is 0.261 e. The average molecular weight is 558 g/mol. The van der Waals surface area contributed by atoms with Crippen LogP contribution in [0, 0.1) is 0 Å². The van der Waals surface area contributed by atoms with E-state index in [0.29, 0.717) is 32.9 Å². The molecule has 0 unspecified atom stereocenters. The van der Waals surface area contributed by atoms with Crippen LogP contribution in [0.1, 0.15) is 12.8 Å². The van der Waals surface area contributed by atoms with Crippen LogP contribution < -0.4 is 20.9 Å². The molecule has 0 saturated carbocycles. The third kappa shape index (κ3) is 5.93. The number of nitrogens with zero attached hydrogens (tertiary/aromatic N) is 3. The molecule has 1 fully saturated rings. The van der Waals surface area contributed by atoms with Gasteiger partial charge in [-0.1, -0.05) is 24.3 Å². The van der Waals surface area contributed by atoms with E-state index >= 15 is 0 Å². The first kappa shape index (κ1) is 25.0. The second kappa shape index (κ2) is 11.1. The van der Waals surface area contributed by atoms with E-state index in [-0.39, 0.29) is 24.0 Å². The fraction of sp³-hybridized carbons (Fsp3) is 0.240. The Hall–Kier alpha value is -3.14. The molecule has 5 rings (SSSR count). The number of anilines is 3. The summed E-state index contributed by atoms with van der Waals surface area (Å²) >= 11 is 3.52. The number of aromatic nitrogens is 3. The molecule has 3 N–H and O–H groups in total. The van der Waals surface area contributed by atoms with E-state index in [0.717, 1.165) is 37.4 Å². The molecule has 182 valence electrons. The number of hydrogen-bond donors (Lipinski definition) is 3. The summed E-state index contributed by atoms with van der Waals surface area (Å²) in [4.78, 5) is 27.2. The monoisotopic (exact) mass is 556 g/mol. The van der Waals surface area contributed by atoms with Crippen molar-refractivity contribution < 1.29 is 4.74 Å². The van der Waals surface area contributed by atoms with Crippen molar-refractivity contribution in [3.63, 3.8) is 0 Å². The van der Waals surface area contributed by atoms with E-state index < -0.39 is 0 Å². The third-order valence-electron chi connectivity index (χ3n) is 5.82. The van der Waals surface area contributed by atoms with Crippen molar-refractivity contribution in [1.82, 2.24) is 19.9 Å². The predicted octanol–water partition coefficient (Wildman–Crippen LogP) is 5.54. The Labute approximate surface area is 217 Å². The lowest BCUT2D eigenvalue weighted by molar-refractivity contribution is 0.263. The first-order valence-electron chi connectivity index (χ1n) is 11.2. The molecule has 0 aliphatic carbocycles. The fourth-order valence-electron chi connectivity index (χ4n) is 4.01. The van der Waals surface area contributed by atoms with Crippen molar-refractivity contribution in [2.45, 2.75) is 18.9 Å². The number of pyridine rings is 1. The summed E-state index contributed by atoms with van der Waals surface area (Å²) in [5.41, 5.74) is 1.04. The van der Waals surface area contributed by atoms with E-state index in [1.54, 1.807) is 6.20 Å². The van der Waals surface area contributed by atoms with Gasteiger partial charge in [-0.3, -0.25) is 4.79 Å². The molecule has 0 spiro atoms. The average Bonchev–Trinajstić information content (AvgIpc) is 2.84. The van der Waals surface area contributed by atoms with Gasteiger partial charge < -0.3 is 25.3 Å². The van der Waals surface area contributed by atoms with Gasteiger partial charge in [0.15, 0.2) is 0 Å². The van der Waals surface area contributed by atoms with Gasteiger partial charge in [0, 0.05) is 24.0 Å². The number of likely N-dealkylation sites (tertiary alicyclic amines) is 1. The van der Waals surface area contributed by atoms with Crippen molar-refractivity contribution in [2.75, 3.05) is 30.8 Å². The van der Waals surface area contributed by atoms with E-state index in [1.807, 2.05) is 54.6 Å². The molecule has 35 heavy (non-hydrogen) atoms. The van der Waals surface area contributed by atoms with Crippen LogP contribution in [-0.4, -0.2) is 46.0 Å². The number of para-hydroxylation sites is 1. The summed E-state index contributed by atoms with van der Waals surface area (Å²) in [6.07, 6.45) is 3.63. The van der Waals surface area contributed by atoms with E-state index in [9.17, 15) is 4.79 Å². The van der Waals surface area contributed by atoms with Crippen LogP contribution in [0.15, 0.2) is 70.1 Å². The highest BCUT2D eigenvalue weighted by Crippen LogP contribution is 2.30. The molecule has 0 bridgehead atoms. The largest absolute Gasteiger partial charge is 0.457 e. The molecule has 2 aromatic carbocycles. The molecule has 0 atom stereocenters. The van der Waals surface area contributed by atoms with Gasteiger partial charge in [-0.15, -0.1) is 12.4 Å². The normalized spacial score (nSPS) is 14.3. The predicted molar refractivity (Wildman–Crippen MR) is 145 cm³/mol. The minimum atomic E-state index is -0.261. The highest BCUT2D eigenvalue weighted by molar-refractivity contribution is 9.10. The molecule has 1 aliphatic rings. The van der Waals surface area contributed by atoms with E-state index in [2.05, 4.69) is 48.5 Å². The van der Waals surface area contributed by atoms with Gasteiger partial charge >= 0.3 is 0 Å². The zero-order valence-electron chi connectivity index (χ0n) is 19.1. The lowest BCUT2D eigenvalue weighted by atomic mass is 10.1. The Morgan fingerprint density at radius 1 is 1.06 bits per heavy atom. The van der Waals surface area contributed by atoms with Crippen molar-refractivity contribution in [2.24, 2.45) is 0 Å². The molecular formula is C25H26BrClN6O2. The SMILES string of the molecule is CN1CCC(Nc2nc(Nc3cccc(Oc4ccccc4)c3)c3c(=O)[nH]cc(Br)c3n2)CC1.Cl. The highest BCUT2D eigenvalue weighted by atomic mass is 79.9. The number of piperidine rings is 1. The van der Waals surface area contributed by atoms with Gasteiger partial charge in [-0.05, 0) is 73.2 Å². The molecule has 0 amide bonds. The Balaban J connectivity index is 0.00000289. The number of hydrogen-bond acceptors (Lipinski definition) is 7. The van der Waals surface area contributed by atoms with Crippen molar-refractivity contribution in [1.29, 1.82) is 0 Å². The fourth-order valence-corrected chi connectivity index (χ4v) is 4.41. The maximum Gasteiger partial charge on any atom is 0.261 e. The second-order valence-corrected chi connectivity index (χ2v) is 9.23. The summed E-state index contributed by atoms with van der Waals surface area (Å²) in [7, 11) is 2.13. The zero-order valence-corrected chi connectivity index (χ0v) is 21.5. The molecule has 0 radical (unpaired) electrons. The van der Waals surface area contributed by atoms with Crippen molar-refractivity contribution >= 4 is 56.7 Å². The van der Waals surface area contributed by atoms with Gasteiger partial charge in [-0.25, -0.2) is 4.98 Å². The summed E-state index contributed by atoms with van der Waals surface area (Å²) in [5.74, 6) is 2.35. The third-order valence-corrected chi connectivity index (χ3v) is 6.42. The Morgan fingerprint density at radius 3 is 2.57 bits per heavy atom. The van der Waals surface area contributed by atoms with Crippen LogP contribution in [0.4, 0.5) is 17.5 Å². The molecule has 10 heteroatoms. The minimum Gasteiger partial charge on any atom is -0.457 e. The molecule has 1 aliphatic heterocycles. The highest BCUT2D eigenvalue weighted by Gasteiger charge is 2.20. The van der Waals surface area contributed by atoms with Crippen molar-refractivity contribution in [3.8, 4) is 11.5 Å². The Bertz CT molecular complexity index is 1360. The number of aromatic amines is 1. The number of ether oxygens (including phenoxy) is 1. The lowest BCUT2D eigenvalue weighted by Gasteiger charge is -2.29. The van der Waals surface area contributed by atoms with Crippen LogP contribution in [0.2, 0.25) is 0 Å². The van der Waals surface area contributed by atoms with Crippen LogP contribution in [0.5, 0.6) is 11.5 Å². The lowest BCUT2D eigenvalue weighted by Crippen LogP contribution is -2.37. The Morgan fingerprint density at radius 2 is 1.80 bits per heavy atom. The summed E-state index contributed by atoms with van der Waals surface area (Å²) < 4.78 is 6.65. The molecular weight excluding hydrogens is 532 g/mol. The van der Waals surface area contributed by atoms with Gasteiger partial charge in [0.05, 0.1) is 9.99 Å². The number of fused-ring (bicyclic) bond motifs is 1. The zero-order chi connectivity index (χ0) is 23.5. The first-order valence-corrected chi connectivity index (χ1v) is 12.0. The minimum absolute atomic E-state index is 0. The van der Waals surface area contributed by atoms with Gasteiger partial charge in [-0.2, -0.15) is 4.98 Å². The Kier molecular flexibility index (Phi) is 7.90. The topological polar surface area (TPSA) is 95.2 Å². The maximum atomic E-state index is 12.7. The molecule has 2 aromatic heterocycles. The number of H-pyrrole nitrogens is 1. The van der Waals surface area contributed by atoms with Crippen LogP contribution in [0.25, 0.3) is 10.9 Å². The van der Waals surface area contributed by atoms with Crippen molar-refractivity contribution in [3.05, 3.63) is 75.6 Å². The summed E-state index contributed by atoms with van der Waals surface area (Å²) in [6.45, 7) is 2.04. The van der Waals surface area contributed by atoms with Gasteiger partial charge in [0.2, 0.25) is 5.95 Å².